The van der Waals surface area contributed by atoms with E-state index in [1.165, 1.54) is 0 Å². The first-order valence-electron chi connectivity index (χ1n) is 8.25. The predicted octanol–water partition coefficient (Wildman–Crippen LogP) is 3.80. The van der Waals surface area contributed by atoms with Gasteiger partial charge in [0.15, 0.2) is 0 Å². The molecular formula is C18H23BrN2O3. The van der Waals surface area contributed by atoms with E-state index in [0.717, 1.165) is 22.0 Å². The van der Waals surface area contributed by atoms with Gasteiger partial charge in [-0.15, -0.1) is 0 Å². The van der Waals surface area contributed by atoms with E-state index in [9.17, 15) is 9.59 Å². The largest absolute Gasteiger partial charge is 0.444 e. The van der Waals surface area contributed by atoms with Crippen LogP contribution in [0.3, 0.4) is 0 Å². The number of fused-ring (bicyclic) bond motifs is 1. The van der Waals surface area contributed by atoms with Gasteiger partial charge in [-0.25, -0.2) is 4.79 Å². The van der Waals surface area contributed by atoms with Crippen LogP contribution in [-0.2, 0) is 11.3 Å². The fraction of sp³-hybridized carbons (Fsp3) is 0.556. The molecule has 0 bridgehead atoms. The predicted molar refractivity (Wildman–Crippen MR) is 94.8 cm³/mol. The second kappa shape index (κ2) is 6.06. The Morgan fingerprint density at radius 3 is 2.71 bits per heavy atom. The quantitative estimate of drug-likeness (QED) is 0.727. The molecule has 0 aliphatic carbocycles. The number of benzene rings is 1. The number of halogens is 1. The van der Waals surface area contributed by atoms with E-state index in [4.69, 9.17) is 4.74 Å². The third-order valence-electron chi connectivity index (χ3n) is 4.53. The van der Waals surface area contributed by atoms with Crippen LogP contribution in [-0.4, -0.2) is 46.0 Å². The average molecular weight is 395 g/mol. The van der Waals surface area contributed by atoms with E-state index in [1.807, 2.05) is 50.8 Å². The lowest BCUT2D eigenvalue weighted by Gasteiger charge is -2.27. The van der Waals surface area contributed by atoms with E-state index >= 15 is 0 Å². The fourth-order valence-corrected chi connectivity index (χ4v) is 3.76. The topological polar surface area (TPSA) is 49.9 Å². The first-order chi connectivity index (χ1) is 11.2. The monoisotopic (exact) mass is 394 g/mol. The smallest absolute Gasteiger partial charge is 0.410 e. The van der Waals surface area contributed by atoms with Crippen molar-refractivity contribution in [1.82, 2.24) is 9.80 Å². The van der Waals surface area contributed by atoms with Gasteiger partial charge in [-0.2, -0.15) is 0 Å². The van der Waals surface area contributed by atoms with Crippen molar-refractivity contribution in [3.63, 3.8) is 0 Å². The normalized spacial score (nSPS) is 23.6. The molecule has 1 aromatic carbocycles. The third kappa shape index (κ3) is 3.29. The summed E-state index contributed by atoms with van der Waals surface area (Å²) in [6, 6.07) is 5.92. The van der Waals surface area contributed by atoms with Gasteiger partial charge in [-0.3, -0.25) is 4.79 Å². The Morgan fingerprint density at radius 1 is 1.33 bits per heavy atom. The minimum Gasteiger partial charge on any atom is -0.444 e. The third-order valence-corrected chi connectivity index (χ3v) is 5.02. The van der Waals surface area contributed by atoms with Crippen LogP contribution in [0.25, 0.3) is 0 Å². The lowest BCUT2D eigenvalue weighted by Crippen LogP contribution is -2.41. The standard InChI is InChI=1S/C18H23BrN2O3/c1-11-7-14(10-20(11)17(23)24-18(2,3)4)21-9-12-5-6-13(19)8-15(12)16(21)22/h5-6,8,11,14H,7,9-10H2,1-4H3/t11-,14-/m1/s1. The fourth-order valence-electron chi connectivity index (χ4n) is 3.39. The molecule has 1 fully saturated rings. The minimum atomic E-state index is -0.513. The van der Waals surface area contributed by atoms with Crippen molar-refractivity contribution in [3.8, 4) is 0 Å². The molecule has 2 amide bonds. The molecule has 0 radical (unpaired) electrons. The molecule has 1 aromatic rings. The molecular weight excluding hydrogens is 372 g/mol. The first-order valence-corrected chi connectivity index (χ1v) is 9.04. The summed E-state index contributed by atoms with van der Waals surface area (Å²) in [5.41, 5.74) is 1.29. The Kier molecular flexibility index (Phi) is 4.36. The van der Waals surface area contributed by atoms with Gasteiger partial charge >= 0.3 is 6.09 Å². The maximum atomic E-state index is 12.7. The van der Waals surface area contributed by atoms with E-state index in [-0.39, 0.29) is 24.1 Å². The Balaban J connectivity index is 1.72. The Labute approximate surface area is 151 Å². The molecule has 24 heavy (non-hydrogen) atoms. The Morgan fingerprint density at radius 2 is 2.04 bits per heavy atom. The molecule has 2 aliphatic heterocycles. The van der Waals surface area contributed by atoms with Crippen molar-refractivity contribution in [3.05, 3.63) is 33.8 Å². The Bertz CT molecular complexity index is 683. The van der Waals surface area contributed by atoms with Crippen LogP contribution in [0.4, 0.5) is 4.79 Å². The summed E-state index contributed by atoms with van der Waals surface area (Å²) in [4.78, 5) is 28.7. The molecule has 130 valence electrons. The molecule has 2 heterocycles. The van der Waals surface area contributed by atoms with Gasteiger partial charge in [0.1, 0.15) is 5.60 Å². The highest BCUT2D eigenvalue weighted by atomic mass is 79.9. The molecule has 3 rings (SSSR count). The molecule has 0 unspecified atom stereocenters. The lowest BCUT2D eigenvalue weighted by atomic mass is 10.1. The molecule has 0 saturated carbocycles. The highest BCUT2D eigenvalue weighted by molar-refractivity contribution is 9.10. The summed E-state index contributed by atoms with van der Waals surface area (Å²) in [7, 11) is 0. The molecule has 0 spiro atoms. The van der Waals surface area contributed by atoms with Crippen LogP contribution in [0.2, 0.25) is 0 Å². The number of carbonyl (C=O) groups excluding carboxylic acids is 2. The molecule has 2 aliphatic rings. The van der Waals surface area contributed by atoms with Gasteiger partial charge in [0.25, 0.3) is 5.91 Å². The van der Waals surface area contributed by atoms with E-state index in [2.05, 4.69) is 15.9 Å². The van der Waals surface area contributed by atoms with Crippen molar-refractivity contribution < 1.29 is 14.3 Å². The number of rotatable bonds is 1. The zero-order valence-electron chi connectivity index (χ0n) is 14.5. The summed E-state index contributed by atoms with van der Waals surface area (Å²) >= 11 is 3.42. The van der Waals surface area contributed by atoms with Gasteiger partial charge in [0.05, 0.1) is 6.04 Å². The van der Waals surface area contributed by atoms with Crippen molar-refractivity contribution in [1.29, 1.82) is 0 Å². The maximum Gasteiger partial charge on any atom is 0.410 e. The van der Waals surface area contributed by atoms with Crippen molar-refractivity contribution in [2.45, 2.75) is 58.3 Å². The van der Waals surface area contributed by atoms with Gasteiger partial charge in [0, 0.05) is 29.2 Å². The summed E-state index contributed by atoms with van der Waals surface area (Å²) in [6.45, 7) is 8.73. The van der Waals surface area contributed by atoms with Gasteiger partial charge < -0.3 is 14.5 Å². The number of likely N-dealkylation sites (tertiary alicyclic amines) is 1. The highest BCUT2D eigenvalue weighted by Gasteiger charge is 2.41. The molecule has 0 aromatic heterocycles. The highest BCUT2D eigenvalue weighted by Crippen LogP contribution is 2.32. The van der Waals surface area contributed by atoms with Crippen molar-refractivity contribution >= 4 is 27.9 Å². The van der Waals surface area contributed by atoms with Crippen LogP contribution in [0.1, 0.15) is 50.0 Å². The number of ether oxygens (including phenoxy) is 1. The molecule has 1 saturated heterocycles. The van der Waals surface area contributed by atoms with Crippen molar-refractivity contribution in [2.24, 2.45) is 0 Å². The van der Waals surface area contributed by atoms with E-state index in [0.29, 0.717) is 13.1 Å². The van der Waals surface area contributed by atoms with Crippen LogP contribution in [0.15, 0.2) is 22.7 Å². The summed E-state index contributed by atoms with van der Waals surface area (Å²) < 4.78 is 6.39. The van der Waals surface area contributed by atoms with Crippen LogP contribution in [0.5, 0.6) is 0 Å². The van der Waals surface area contributed by atoms with Crippen LogP contribution < -0.4 is 0 Å². The summed E-state index contributed by atoms with van der Waals surface area (Å²) in [5, 5.41) is 0. The molecule has 2 atom stereocenters. The van der Waals surface area contributed by atoms with Crippen molar-refractivity contribution in [2.75, 3.05) is 6.54 Å². The number of hydrogen-bond acceptors (Lipinski definition) is 3. The first kappa shape index (κ1) is 17.3. The zero-order valence-corrected chi connectivity index (χ0v) is 16.1. The van der Waals surface area contributed by atoms with Gasteiger partial charge in [-0.05, 0) is 51.8 Å². The second-order valence-corrected chi connectivity index (χ2v) is 8.52. The van der Waals surface area contributed by atoms with E-state index in [1.54, 1.807) is 4.90 Å². The SMILES string of the molecule is C[C@@H]1C[C@@H](N2Cc3ccc(Br)cc3C2=O)CN1C(=O)OC(C)(C)C. The molecule has 6 heteroatoms. The zero-order chi connectivity index (χ0) is 17.6. The maximum absolute atomic E-state index is 12.7. The van der Waals surface area contributed by atoms with E-state index < -0.39 is 5.60 Å². The molecule has 5 nitrogen and oxygen atoms in total. The van der Waals surface area contributed by atoms with Gasteiger partial charge in [-0.1, -0.05) is 22.0 Å². The number of amides is 2. The summed E-state index contributed by atoms with van der Waals surface area (Å²) in [5.74, 6) is 0.0505. The minimum absolute atomic E-state index is 0.0335. The Hall–Kier alpha value is -1.56. The second-order valence-electron chi connectivity index (χ2n) is 7.61. The number of hydrogen-bond donors (Lipinski definition) is 0. The lowest BCUT2D eigenvalue weighted by molar-refractivity contribution is 0.0225. The number of carbonyl (C=O) groups is 2. The van der Waals surface area contributed by atoms with Gasteiger partial charge in [0.2, 0.25) is 0 Å². The average Bonchev–Trinajstić information content (AvgIpc) is 2.99. The molecule has 0 N–H and O–H groups in total. The number of nitrogens with zero attached hydrogens (tertiary/aromatic N) is 2. The van der Waals surface area contributed by atoms with Crippen LogP contribution in [0, 0.1) is 0 Å². The summed E-state index contributed by atoms with van der Waals surface area (Å²) in [6.07, 6.45) is 0.476. The van der Waals surface area contributed by atoms with Crippen LogP contribution >= 0.6 is 15.9 Å².